The quantitative estimate of drug-likeness (QED) is 0.533. The van der Waals surface area contributed by atoms with E-state index in [-0.39, 0.29) is 0 Å². The van der Waals surface area contributed by atoms with Crippen LogP contribution in [0.2, 0.25) is 0 Å². The third-order valence-corrected chi connectivity index (χ3v) is 3.41. The Labute approximate surface area is 107 Å². The lowest BCUT2D eigenvalue weighted by Gasteiger charge is -2.26. The van der Waals surface area contributed by atoms with Gasteiger partial charge in [-0.3, -0.25) is 0 Å². The highest BCUT2D eigenvalue weighted by molar-refractivity contribution is 5.36. The molecule has 0 amide bonds. The van der Waals surface area contributed by atoms with Crippen molar-refractivity contribution in [3.05, 3.63) is 23.8 Å². The van der Waals surface area contributed by atoms with Crippen molar-refractivity contribution in [3.63, 3.8) is 0 Å². The highest BCUT2D eigenvalue weighted by Crippen LogP contribution is 2.32. The molecule has 0 fully saturated rings. The monoisotopic (exact) mass is 240 g/mol. The molecule has 17 heavy (non-hydrogen) atoms. The number of hydrogen-bond acceptors (Lipinski definition) is 0. The summed E-state index contributed by atoms with van der Waals surface area (Å²) in [7, 11) is 0. The maximum Gasteiger partial charge on any atom is 0.130 e. The summed E-state index contributed by atoms with van der Waals surface area (Å²) in [6, 6.07) is 0. The van der Waals surface area contributed by atoms with E-state index in [0.717, 1.165) is 12.0 Å². The van der Waals surface area contributed by atoms with Crippen LogP contribution in [0.1, 0.15) is 54.9 Å². The molecule has 0 saturated heterocycles. The van der Waals surface area contributed by atoms with Crippen LogP contribution in [0.25, 0.3) is 0 Å². The molecule has 0 aliphatic rings. The van der Waals surface area contributed by atoms with Gasteiger partial charge < -0.3 is 0 Å². The molecular formula is C16H29F. The minimum Gasteiger partial charge on any atom is -0.239 e. The average Bonchev–Trinajstić information content (AvgIpc) is 2.15. The highest BCUT2D eigenvalue weighted by Gasteiger charge is 2.25. The van der Waals surface area contributed by atoms with E-state index in [9.17, 15) is 4.39 Å². The molecule has 0 aliphatic carbocycles. The Morgan fingerprint density at radius 3 is 1.94 bits per heavy atom. The van der Waals surface area contributed by atoms with Gasteiger partial charge in [0.2, 0.25) is 0 Å². The standard InChI is InChI=1S/C16H29F/c1-9-14(11(2)3)10-15(12(4)5)13(6)16(7,8)17/h10-12,14H,6,9H2,1-5,7-8H3/b15-10-. The van der Waals surface area contributed by atoms with Crippen molar-refractivity contribution in [3.8, 4) is 0 Å². The molecule has 1 heteroatoms. The number of allylic oxidation sites excluding steroid dienone is 3. The molecule has 0 bridgehead atoms. The van der Waals surface area contributed by atoms with E-state index in [1.165, 1.54) is 0 Å². The second-order valence-corrected chi connectivity index (χ2v) is 6.04. The van der Waals surface area contributed by atoms with Crippen LogP contribution in [0, 0.1) is 17.8 Å². The summed E-state index contributed by atoms with van der Waals surface area (Å²) in [5.74, 6) is 1.42. The van der Waals surface area contributed by atoms with Gasteiger partial charge >= 0.3 is 0 Å². The van der Waals surface area contributed by atoms with Gasteiger partial charge in [-0.05, 0) is 49.2 Å². The minimum absolute atomic E-state index is 0.324. The summed E-state index contributed by atoms with van der Waals surface area (Å²) in [4.78, 5) is 0. The summed E-state index contributed by atoms with van der Waals surface area (Å²) in [6.07, 6.45) is 3.33. The lowest BCUT2D eigenvalue weighted by molar-refractivity contribution is 0.269. The van der Waals surface area contributed by atoms with E-state index in [1.54, 1.807) is 13.8 Å². The van der Waals surface area contributed by atoms with Gasteiger partial charge in [0.25, 0.3) is 0 Å². The van der Waals surface area contributed by atoms with Crippen LogP contribution in [-0.2, 0) is 0 Å². The first-order valence-electron chi connectivity index (χ1n) is 6.71. The average molecular weight is 240 g/mol. The fourth-order valence-electron chi connectivity index (χ4n) is 2.00. The van der Waals surface area contributed by atoms with Crippen molar-refractivity contribution in [1.82, 2.24) is 0 Å². The first kappa shape index (κ1) is 16.4. The Hall–Kier alpha value is -0.590. The molecule has 0 rings (SSSR count). The van der Waals surface area contributed by atoms with E-state index < -0.39 is 5.67 Å². The minimum atomic E-state index is -1.33. The van der Waals surface area contributed by atoms with Gasteiger partial charge in [0.05, 0.1) is 0 Å². The van der Waals surface area contributed by atoms with Gasteiger partial charge in [0.1, 0.15) is 5.67 Å². The lowest BCUT2D eigenvalue weighted by Crippen LogP contribution is -2.20. The van der Waals surface area contributed by atoms with Crippen molar-refractivity contribution in [1.29, 1.82) is 0 Å². The van der Waals surface area contributed by atoms with Gasteiger partial charge in [-0.15, -0.1) is 0 Å². The van der Waals surface area contributed by atoms with E-state index >= 15 is 0 Å². The molecule has 1 atom stereocenters. The normalized spacial score (nSPS) is 15.5. The molecule has 0 aromatic heterocycles. The van der Waals surface area contributed by atoms with Crippen molar-refractivity contribution in [2.45, 2.75) is 60.6 Å². The number of rotatable bonds is 6. The summed E-state index contributed by atoms with van der Waals surface area (Å²) in [5, 5.41) is 0. The summed E-state index contributed by atoms with van der Waals surface area (Å²) in [5.41, 5.74) is 0.385. The fraction of sp³-hybridized carbons (Fsp3) is 0.750. The largest absolute Gasteiger partial charge is 0.239 e. The lowest BCUT2D eigenvalue weighted by atomic mass is 9.82. The van der Waals surface area contributed by atoms with E-state index in [4.69, 9.17) is 0 Å². The molecular weight excluding hydrogens is 211 g/mol. The molecule has 0 aromatic rings. The van der Waals surface area contributed by atoms with Crippen LogP contribution in [0.3, 0.4) is 0 Å². The molecule has 0 aliphatic heterocycles. The maximum atomic E-state index is 14.0. The smallest absolute Gasteiger partial charge is 0.130 e. The Bertz CT molecular complexity index is 276. The number of alkyl halides is 1. The van der Waals surface area contributed by atoms with Crippen LogP contribution in [0.4, 0.5) is 4.39 Å². The SMILES string of the molecule is C=C(/C(=C\C(CC)C(C)C)C(C)C)C(C)(C)F. The zero-order chi connectivity index (χ0) is 13.8. The summed E-state index contributed by atoms with van der Waals surface area (Å²) in [6.45, 7) is 17.9. The van der Waals surface area contributed by atoms with Gasteiger partial charge in [-0.1, -0.05) is 47.3 Å². The first-order valence-corrected chi connectivity index (χ1v) is 6.71. The molecule has 100 valence electrons. The predicted molar refractivity (Wildman–Crippen MR) is 75.9 cm³/mol. The van der Waals surface area contributed by atoms with Crippen LogP contribution in [0.15, 0.2) is 23.8 Å². The molecule has 0 saturated carbocycles. The van der Waals surface area contributed by atoms with Crippen LogP contribution < -0.4 is 0 Å². The second kappa shape index (κ2) is 6.37. The molecule has 1 unspecified atom stereocenters. The van der Waals surface area contributed by atoms with Gasteiger partial charge in [-0.2, -0.15) is 0 Å². The zero-order valence-corrected chi connectivity index (χ0v) is 12.6. The fourth-order valence-corrected chi connectivity index (χ4v) is 2.00. The third kappa shape index (κ3) is 5.06. The van der Waals surface area contributed by atoms with Crippen LogP contribution in [-0.4, -0.2) is 5.67 Å². The zero-order valence-electron chi connectivity index (χ0n) is 12.6. The second-order valence-electron chi connectivity index (χ2n) is 6.04. The van der Waals surface area contributed by atoms with Gasteiger partial charge in [0, 0.05) is 0 Å². The Balaban J connectivity index is 5.24. The van der Waals surface area contributed by atoms with Crippen LogP contribution in [0.5, 0.6) is 0 Å². The molecule has 0 nitrogen and oxygen atoms in total. The van der Waals surface area contributed by atoms with Crippen molar-refractivity contribution >= 4 is 0 Å². The number of hydrogen-bond donors (Lipinski definition) is 0. The molecule has 0 aromatic carbocycles. The van der Waals surface area contributed by atoms with E-state index in [0.29, 0.717) is 23.3 Å². The predicted octanol–water partition coefficient (Wildman–Crippen LogP) is 5.56. The Morgan fingerprint density at radius 2 is 1.71 bits per heavy atom. The molecule has 0 N–H and O–H groups in total. The van der Waals surface area contributed by atoms with E-state index in [2.05, 4.69) is 47.3 Å². The Kier molecular flexibility index (Phi) is 6.15. The van der Waals surface area contributed by atoms with Gasteiger partial charge in [0.15, 0.2) is 0 Å². The summed E-state index contributed by atoms with van der Waals surface area (Å²) >= 11 is 0. The van der Waals surface area contributed by atoms with Crippen LogP contribution >= 0.6 is 0 Å². The van der Waals surface area contributed by atoms with Gasteiger partial charge in [-0.25, -0.2) is 4.39 Å². The molecule has 0 radical (unpaired) electrons. The summed E-state index contributed by atoms with van der Waals surface area (Å²) < 4.78 is 14.0. The van der Waals surface area contributed by atoms with Crippen molar-refractivity contribution in [2.75, 3.05) is 0 Å². The topological polar surface area (TPSA) is 0 Å². The first-order chi connectivity index (χ1) is 7.61. The third-order valence-electron chi connectivity index (χ3n) is 3.41. The maximum absolute atomic E-state index is 14.0. The highest BCUT2D eigenvalue weighted by atomic mass is 19.1. The van der Waals surface area contributed by atoms with E-state index in [1.807, 2.05) is 0 Å². The molecule has 0 spiro atoms. The Morgan fingerprint density at radius 1 is 1.24 bits per heavy atom. The van der Waals surface area contributed by atoms with Crippen molar-refractivity contribution in [2.24, 2.45) is 17.8 Å². The molecule has 0 heterocycles. The van der Waals surface area contributed by atoms with Crippen molar-refractivity contribution < 1.29 is 4.39 Å². The number of halogens is 1.